The Morgan fingerprint density at radius 1 is 1.28 bits per heavy atom. The van der Waals surface area contributed by atoms with Gasteiger partial charge in [0.2, 0.25) is 0 Å². The molecule has 0 unspecified atom stereocenters. The van der Waals surface area contributed by atoms with E-state index in [9.17, 15) is 4.39 Å². The van der Waals surface area contributed by atoms with Crippen molar-refractivity contribution in [2.24, 2.45) is 0 Å². The van der Waals surface area contributed by atoms with Gasteiger partial charge in [-0.1, -0.05) is 11.6 Å². The molecule has 1 heterocycles. The third-order valence-corrected chi connectivity index (χ3v) is 2.42. The largest absolute Gasteiger partial charge is 0.369 e. The van der Waals surface area contributed by atoms with Crippen LogP contribution in [0.3, 0.4) is 0 Å². The van der Waals surface area contributed by atoms with E-state index in [1.807, 2.05) is 6.92 Å². The summed E-state index contributed by atoms with van der Waals surface area (Å²) in [5.41, 5.74) is 0.308. The van der Waals surface area contributed by atoms with E-state index >= 15 is 0 Å². The Morgan fingerprint density at radius 2 is 2.06 bits per heavy atom. The zero-order chi connectivity index (χ0) is 13.0. The third-order valence-electron chi connectivity index (χ3n) is 2.19. The van der Waals surface area contributed by atoms with Crippen LogP contribution in [-0.4, -0.2) is 16.5 Å². The topological polar surface area (TPSA) is 49.8 Å². The van der Waals surface area contributed by atoms with E-state index in [1.54, 1.807) is 18.3 Å². The molecule has 0 aliphatic heterocycles. The summed E-state index contributed by atoms with van der Waals surface area (Å²) in [6, 6.07) is 4.40. The van der Waals surface area contributed by atoms with Crippen molar-refractivity contribution in [3.63, 3.8) is 0 Å². The third kappa shape index (κ3) is 3.07. The van der Waals surface area contributed by atoms with Crippen LogP contribution in [0.4, 0.5) is 21.7 Å². The average molecular weight is 267 g/mol. The van der Waals surface area contributed by atoms with Gasteiger partial charge < -0.3 is 10.6 Å². The standard InChI is InChI=1S/C12H12ClFN4/c1-2-16-11-6-15-7-12(18-11)17-10-4-3-8(13)5-9(10)14/h3-7H,2H2,1H3,(H2,16,17,18). The summed E-state index contributed by atoms with van der Waals surface area (Å²) < 4.78 is 13.6. The maximum Gasteiger partial charge on any atom is 0.151 e. The lowest BCUT2D eigenvalue weighted by Crippen LogP contribution is -2.03. The predicted molar refractivity (Wildman–Crippen MR) is 70.9 cm³/mol. The maximum absolute atomic E-state index is 13.6. The Morgan fingerprint density at radius 3 is 2.78 bits per heavy atom. The monoisotopic (exact) mass is 266 g/mol. The molecule has 94 valence electrons. The molecular formula is C12H12ClFN4. The number of nitrogens with one attached hydrogen (secondary N) is 2. The minimum absolute atomic E-state index is 0.308. The molecule has 1 aromatic heterocycles. The number of benzene rings is 1. The number of hydrogen-bond donors (Lipinski definition) is 2. The SMILES string of the molecule is CCNc1cncc(Nc2ccc(Cl)cc2F)n1. The highest BCUT2D eigenvalue weighted by Gasteiger charge is 2.04. The van der Waals surface area contributed by atoms with Crippen LogP contribution in [0.1, 0.15) is 6.92 Å². The van der Waals surface area contributed by atoms with Crippen LogP contribution < -0.4 is 10.6 Å². The molecule has 0 saturated heterocycles. The molecule has 2 rings (SSSR count). The van der Waals surface area contributed by atoms with Crippen LogP contribution in [0.15, 0.2) is 30.6 Å². The van der Waals surface area contributed by atoms with Gasteiger partial charge in [0.25, 0.3) is 0 Å². The van der Waals surface area contributed by atoms with Crippen LogP contribution in [-0.2, 0) is 0 Å². The summed E-state index contributed by atoms with van der Waals surface area (Å²) >= 11 is 5.68. The molecule has 0 amide bonds. The van der Waals surface area contributed by atoms with E-state index in [1.165, 1.54) is 12.3 Å². The summed E-state index contributed by atoms with van der Waals surface area (Å²) in [7, 11) is 0. The highest BCUT2D eigenvalue weighted by Crippen LogP contribution is 2.22. The van der Waals surface area contributed by atoms with E-state index in [2.05, 4.69) is 20.6 Å². The molecule has 6 heteroatoms. The predicted octanol–water partition coefficient (Wildman–Crippen LogP) is 3.44. The highest BCUT2D eigenvalue weighted by atomic mass is 35.5. The van der Waals surface area contributed by atoms with Gasteiger partial charge in [0.05, 0.1) is 18.1 Å². The van der Waals surface area contributed by atoms with Gasteiger partial charge in [0.15, 0.2) is 5.82 Å². The van der Waals surface area contributed by atoms with Gasteiger partial charge in [0, 0.05) is 11.6 Å². The first-order valence-corrected chi connectivity index (χ1v) is 5.85. The van der Waals surface area contributed by atoms with Gasteiger partial charge in [0.1, 0.15) is 11.6 Å². The number of halogens is 2. The van der Waals surface area contributed by atoms with E-state index in [0.29, 0.717) is 22.3 Å². The summed E-state index contributed by atoms with van der Waals surface area (Å²) in [4.78, 5) is 8.25. The smallest absolute Gasteiger partial charge is 0.151 e. The number of nitrogens with zero attached hydrogens (tertiary/aromatic N) is 2. The minimum atomic E-state index is -0.432. The maximum atomic E-state index is 13.6. The molecule has 0 radical (unpaired) electrons. The van der Waals surface area contributed by atoms with Crippen LogP contribution in [0.25, 0.3) is 0 Å². The van der Waals surface area contributed by atoms with Crippen molar-refractivity contribution in [2.75, 3.05) is 17.2 Å². The van der Waals surface area contributed by atoms with Crippen LogP contribution in [0, 0.1) is 5.82 Å². The van der Waals surface area contributed by atoms with Gasteiger partial charge in [-0.05, 0) is 25.1 Å². The molecule has 0 atom stereocenters. The van der Waals surface area contributed by atoms with Crippen molar-refractivity contribution in [3.05, 3.63) is 41.4 Å². The first-order chi connectivity index (χ1) is 8.69. The first-order valence-electron chi connectivity index (χ1n) is 5.47. The number of hydrogen-bond acceptors (Lipinski definition) is 4. The molecule has 2 aromatic rings. The molecule has 1 aromatic carbocycles. The van der Waals surface area contributed by atoms with Gasteiger partial charge in [-0.3, -0.25) is 4.98 Å². The first kappa shape index (κ1) is 12.6. The Bertz CT molecular complexity index is 547. The Kier molecular flexibility index (Phi) is 3.94. The molecule has 0 aliphatic carbocycles. The summed E-state index contributed by atoms with van der Waals surface area (Å²) in [5.74, 6) is 0.671. The van der Waals surface area contributed by atoms with Crippen molar-refractivity contribution in [3.8, 4) is 0 Å². The Labute approximate surface area is 109 Å². The molecule has 0 spiro atoms. The molecule has 2 N–H and O–H groups in total. The molecule has 4 nitrogen and oxygen atoms in total. The fourth-order valence-corrected chi connectivity index (χ4v) is 1.58. The van der Waals surface area contributed by atoms with E-state index < -0.39 is 5.82 Å². The second kappa shape index (κ2) is 5.64. The lowest BCUT2D eigenvalue weighted by molar-refractivity contribution is 0.632. The lowest BCUT2D eigenvalue weighted by Gasteiger charge is -2.08. The van der Waals surface area contributed by atoms with Crippen LogP contribution in [0.5, 0.6) is 0 Å². The summed E-state index contributed by atoms with van der Waals surface area (Å²) in [5, 5.41) is 6.23. The van der Waals surface area contributed by atoms with Gasteiger partial charge >= 0.3 is 0 Å². The fourth-order valence-electron chi connectivity index (χ4n) is 1.42. The molecular weight excluding hydrogens is 255 g/mol. The van der Waals surface area contributed by atoms with Gasteiger partial charge in [-0.2, -0.15) is 0 Å². The molecule has 0 aliphatic rings. The number of rotatable bonds is 4. The van der Waals surface area contributed by atoms with E-state index in [4.69, 9.17) is 11.6 Å². The average Bonchev–Trinajstić information content (AvgIpc) is 2.34. The van der Waals surface area contributed by atoms with Crippen molar-refractivity contribution in [1.29, 1.82) is 0 Å². The van der Waals surface area contributed by atoms with Crippen molar-refractivity contribution >= 4 is 28.9 Å². The molecule has 0 fully saturated rings. The number of anilines is 3. The minimum Gasteiger partial charge on any atom is -0.369 e. The van der Waals surface area contributed by atoms with Crippen molar-refractivity contribution in [1.82, 2.24) is 9.97 Å². The Hall–Kier alpha value is -1.88. The second-order valence-corrected chi connectivity index (χ2v) is 4.01. The van der Waals surface area contributed by atoms with Crippen LogP contribution in [0.2, 0.25) is 5.02 Å². The van der Waals surface area contributed by atoms with E-state index in [-0.39, 0.29) is 0 Å². The molecule has 18 heavy (non-hydrogen) atoms. The second-order valence-electron chi connectivity index (χ2n) is 3.57. The Balaban J connectivity index is 2.20. The quantitative estimate of drug-likeness (QED) is 0.890. The van der Waals surface area contributed by atoms with Crippen molar-refractivity contribution in [2.45, 2.75) is 6.92 Å². The van der Waals surface area contributed by atoms with Gasteiger partial charge in [-0.25, -0.2) is 9.37 Å². The zero-order valence-corrected chi connectivity index (χ0v) is 10.5. The lowest BCUT2D eigenvalue weighted by atomic mass is 10.3. The zero-order valence-electron chi connectivity index (χ0n) is 9.74. The van der Waals surface area contributed by atoms with E-state index in [0.717, 1.165) is 6.54 Å². The number of aromatic nitrogens is 2. The summed E-state index contributed by atoms with van der Waals surface area (Å²) in [6.45, 7) is 2.70. The van der Waals surface area contributed by atoms with Gasteiger partial charge in [-0.15, -0.1) is 0 Å². The van der Waals surface area contributed by atoms with Crippen LogP contribution >= 0.6 is 11.6 Å². The molecule has 0 saturated carbocycles. The fraction of sp³-hybridized carbons (Fsp3) is 0.167. The normalized spacial score (nSPS) is 10.2. The highest BCUT2D eigenvalue weighted by molar-refractivity contribution is 6.30. The molecule has 0 bridgehead atoms. The van der Waals surface area contributed by atoms with Crippen molar-refractivity contribution < 1.29 is 4.39 Å². The summed E-state index contributed by atoms with van der Waals surface area (Å²) in [6.07, 6.45) is 3.13.